The molecule has 1 aliphatic heterocycles. The minimum atomic E-state index is -0.466. The highest BCUT2D eigenvalue weighted by atomic mass is 16.3. The summed E-state index contributed by atoms with van der Waals surface area (Å²) in [6, 6.07) is 0.0181. The molecule has 1 atom stereocenters. The highest BCUT2D eigenvalue weighted by Crippen LogP contribution is 2.06. The molecule has 0 radical (unpaired) electrons. The Morgan fingerprint density at radius 1 is 1.53 bits per heavy atom. The van der Waals surface area contributed by atoms with Crippen LogP contribution < -0.4 is 5.32 Å². The van der Waals surface area contributed by atoms with E-state index in [0.717, 1.165) is 26.1 Å². The van der Waals surface area contributed by atoms with Gasteiger partial charge in [-0.05, 0) is 13.0 Å². The molecule has 0 aromatic heterocycles. The van der Waals surface area contributed by atoms with Crippen molar-refractivity contribution in [1.82, 2.24) is 15.1 Å². The predicted molar refractivity (Wildman–Crippen MR) is 58.8 cm³/mol. The molecule has 0 aromatic rings. The maximum Gasteiger partial charge on any atom is 0.319 e. The molecule has 1 heterocycles. The molecular formula is C10H21N3O2. The molecule has 2 N–H and O–H groups in total. The van der Waals surface area contributed by atoms with Gasteiger partial charge in [0.15, 0.2) is 0 Å². The van der Waals surface area contributed by atoms with Crippen LogP contribution in [0.4, 0.5) is 4.79 Å². The molecule has 1 rings (SSSR count). The summed E-state index contributed by atoms with van der Waals surface area (Å²) in [4.78, 5) is 14.9. The van der Waals surface area contributed by atoms with Gasteiger partial charge in [-0.1, -0.05) is 6.92 Å². The first-order valence-corrected chi connectivity index (χ1v) is 5.54. The summed E-state index contributed by atoms with van der Waals surface area (Å²) in [5, 5.41) is 12.8. The number of carbonyl (C=O) groups is 1. The molecule has 1 fully saturated rings. The quantitative estimate of drug-likeness (QED) is 0.599. The van der Waals surface area contributed by atoms with Crippen LogP contribution in [0, 0.1) is 0 Å². The second kappa shape index (κ2) is 5.92. The van der Waals surface area contributed by atoms with Crippen molar-refractivity contribution < 1.29 is 9.90 Å². The maximum absolute atomic E-state index is 11.5. The fraction of sp³-hybridized carbons (Fsp3) is 0.900. The fourth-order valence-corrected chi connectivity index (χ4v) is 1.64. The van der Waals surface area contributed by atoms with Gasteiger partial charge in [-0.2, -0.15) is 0 Å². The van der Waals surface area contributed by atoms with Crippen molar-refractivity contribution in [3.8, 4) is 0 Å². The SMILES string of the molecule is CCCNCC(O)CN1CCN(C)C1=O. The first-order chi connectivity index (χ1) is 7.15. The normalized spacial score (nSPS) is 18.7. The van der Waals surface area contributed by atoms with Crippen LogP contribution in [0.5, 0.6) is 0 Å². The number of β-amino-alcohol motifs (C(OH)–C–C–N with tert-alkyl or cyclic N) is 1. The summed E-state index contributed by atoms with van der Waals surface area (Å²) in [6.07, 6.45) is 0.588. The lowest BCUT2D eigenvalue weighted by molar-refractivity contribution is 0.127. The second-order valence-corrected chi connectivity index (χ2v) is 4.01. The maximum atomic E-state index is 11.5. The van der Waals surface area contributed by atoms with Gasteiger partial charge in [-0.15, -0.1) is 0 Å². The summed E-state index contributed by atoms with van der Waals surface area (Å²) in [7, 11) is 1.78. The number of hydrogen-bond donors (Lipinski definition) is 2. The molecular weight excluding hydrogens is 194 g/mol. The van der Waals surface area contributed by atoms with Crippen LogP contribution in [0.25, 0.3) is 0 Å². The van der Waals surface area contributed by atoms with Gasteiger partial charge in [0.25, 0.3) is 0 Å². The average molecular weight is 215 g/mol. The Kier molecular flexibility index (Phi) is 4.84. The molecule has 1 aliphatic rings. The van der Waals surface area contributed by atoms with E-state index >= 15 is 0 Å². The molecule has 2 amide bonds. The van der Waals surface area contributed by atoms with Gasteiger partial charge < -0.3 is 20.2 Å². The molecule has 88 valence electrons. The average Bonchev–Trinajstić information content (AvgIpc) is 2.50. The van der Waals surface area contributed by atoms with Crippen molar-refractivity contribution in [1.29, 1.82) is 0 Å². The smallest absolute Gasteiger partial charge is 0.319 e. The van der Waals surface area contributed by atoms with E-state index < -0.39 is 6.10 Å². The van der Waals surface area contributed by atoms with Gasteiger partial charge in [0, 0.05) is 33.2 Å². The third kappa shape index (κ3) is 3.68. The van der Waals surface area contributed by atoms with Crippen molar-refractivity contribution in [2.75, 3.05) is 39.8 Å². The zero-order valence-electron chi connectivity index (χ0n) is 9.57. The lowest BCUT2D eigenvalue weighted by Crippen LogP contribution is -2.40. The highest BCUT2D eigenvalue weighted by Gasteiger charge is 2.26. The van der Waals surface area contributed by atoms with E-state index in [2.05, 4.69) is 12.2 Å². The largest absolute Gasteiger partial charge is 0.390 e. The summed E-state index contributed by atoms with van der Waals surface area (Å²) < 4.78 is 0. The molecule has 5 nitrogen and oxygen atoms in total. The number of likely N-dealkylation sites (N-methyl/N-ethyl adjacent to an activating group) is 1. The standard InChI is InChI=1S/C10H21N3O2/c1-3-4-11-7-9(14)8-13-6-5-12(2)10(13)15/h9,11,14H,3-8H2,1-2H3. The summed E-state index contributed by atoms with van der Waals surface area (Å²) in [6.45, 7) is 5.46. The number of amides is 2. The van der Waals surface area contributed by atoms with Crippen LogP contribution >= 0.6 is 0 Å². The molecule has 0 aromatic carbocycles. The summed E-state index contributed by atoms with van der Waals surface area (Å²) in [5.41, 5.74) is 0. The van der Waals surface area contributed by atoms with Crippen LogP contribution in [0.2, 0.25) is 0 Å². The first kappa shape index (κ1) is 12.3. The Labute approximate surface area is 91.0 Å². The highest BCUT2D eigenvalue weighted by molar-refractivity contribution is 5.76. The second-order valence-electron chi connectivity index (χ2n) is 4.01. The van der Waals surface area contributed by atoms with Crippen molar-refractivity contribution in [3.05, 3.63) is 0 Å². The number of nitrogens with zero attached hydrogens (tertiary/aromatic N) is 2. The number of urea groups is 1. The lowest BCUT2D eigenvalue weighted by Gasteiger charge is -2.20. The zero-order valence-corrected chi connectivity index (χ0v) is 9.57. The topological polar surface area (TPSA) is 55.8 Å². The van der Waals surface area contributed by atoms with Crippen molar-refractivity contribution in [2.24, 2.45) is 0 Å². The summed E-state index contributed by atoms with van der Waals surface area (Å²) >= 11 is 0. The summed E-state index contributed by atoms with van der Waals surface area (Å²) in [5.74, 6) is 0. The van der Waals surface area contributed by atoms with Gasteiger partial charge in [-0.3, -0.25) is 0 Å². The van der Waals surface area contributed by atoms with E-state index in [9.17, 15) is 9.90 Å². The van der Waals surface area contributed by atoms with E-state index in [1.54, 1.807) is 16.8 Å². The molecule has 0 bridgehead atoms. The monoisotopic (exact) mass is 215 g/mol. The number of aliphatic hydroxyl groups excluding tert-OH is 1. The number of hydrogen-bond acceptors (Lipinski definition) is 3. The van der Waals surface area contributed by atoms with E-state index in [1.807, 2.05) is 0 Å². The number of nitrogens with one attached hydrogen (secondary N) is 1. The van der Waals surface area contributed by atoms with Crippen LogP contribution in [-0.2, 0) is 0 Å². The van der Waals surface area contributed by atoms with E-state index in [4.69, 9.17) is 0 Å². The van der Waals surface area contributed by atoms with Gasteiger partial charge in [-0.25, -0.2) is 4.79 Å². The number of rotatable bonds is 6. The van der Waals surface area contributed by atoms with Gasteiger partial charge in [0.2, 0.25) is 0 Å². The van der Waals surface area contributed by atoms with E-state index in [1.165, 1.54) is 0 Å². The first-order valence-electron chi connectivity index (χ1n) is 5.54. The third-order valence-corrected chi connectivity index (χ3v) is 2.54. The van der Waals surface area contributed by atoms with Crippen molar-refractivity contribution >= 4 is 6.03 Å². The molecule has 1 saturated heterocycles. The Morgan fingerprint density at radius 3 is 2.80 bits per heavy atom. The van der Waals surface area contributed by atoms with Gasteiger partial charge in [0.05, 0.1) is 6.10 Å². The number of aliphatic hydroxyl groups is 1. The van der Waals surface area contributed by atoms with Crippen molar-refractivity contribution in [3.63, 3.8) is 0 Å². The molecule has 0 aliphatic carbocycles. The Hall–Kier alpha value is -0.810. The fourth-order valence-electron chi connectivity index (χ4n) is 1.64. The van der Waals surface area contributed by atoms with Crippen LogP contribution in [0.1, 0.15) is 13.3 Å². The predicted octanol–water partition coefficient (Wildman–Crippen LogP) is -0.286. The van der Waals surface area contributed by atoms with Gasteiger partial charge >= 0.3 is 6.03 Å². The van der Waals surface area contributed by atoms with Crippen LogP contribution in [-0.4, -0.2) is 66.8 Å². The molecule has 0 saturated carbocycles. The zero-order chi connectivity index (χ0) is 11.3. The van der Waals surface area contributed by atoms with Gasteiger partial charge in [0.1, 0.15) is 0 Å². The molecule has 0 spiro atoms. The van der Waals surface area contributed by atoms with E-state index in [0.29, 0.717) is 13.1 Å². The Morgan fingerprint density at radius 2 is 2.27 bits per heavy atom. The van der Waals surface area contributed by atoms with E-state index in [-0.39, 0.29) is 6.03 Å². The minimum absolute atomic E-state index is 0.0181. The molecule has 1 unspecified atom stereocenters. The molecule has 5 heteroatoms. The Balaban J connectivity index is 2.20. The Bertz CT molecular complexity index is 211. The van der Waals surface area contributed by atoms with Crippen LogP contribution in [0.3, 0.4) is 0 Å². The third-order valence-electron chi connectivity index (χ3n) is 2.54. The number of carbonyl (C=O) groups excluding carboxylic acids is 1. The minimum Gasteiger partial charge on any atom is -0.390 e. The van der Waals surface area contributed by atoms with Crippen LogP contribution in [0.15, 0.2) is 0 Å². The molecule has 15 heavy (non-hydrogen) atoms. The lowest BCUT2D eigenvalue weighted by atomic mass is 10.3. The van der Waals surface area contributed by atoms with Crippen molar-refractivity contribution in [2.45, 2.75) is 19.4 Å².